The molecule has 1 atom stereocenters. The van der Waals surface area contributed by atoms with Gasteiger partial charge in [0, 0.05) is 25.6 Å². The molecular weight excluding hydrogens is 212 g/mol. The molecule has 1 aliphatic rings. The lowest BCUT2D eigenvalue weighted by molar-refractivity contribution is -0.108. The molecule has 1 aromatic carbocycles. The molecule has 90 valence electrons. The van der Waals surface area contributed by atoms with Gasteiger partial charge in [0.2, 0.25) is 0 Å². The van der Waals surface area contributed by atoms with E-state index in [1.165, 1.54) is 5.56 Å². The normalized spacial score (nSPS) is 16.8. The van der Waals surface area contributed by atoms with Crippen LogP contribution in [0.3, 0.4) is 0 Å². The van der Waals surface area contributed by atoms with Crippen LogP contribution in [0.5, 0.6) is 0 Å². The van der Waals surface area contributed by atoms with E-state index in [9.17, 15) is 4.79 Å². The second-order valence-electron chi connectivity index (χ2n) is 4.55. The first-order valence-corrected chi connectivity index (χ1v) is 6.02. The number of hydrogen-bond acceptors (Lipinski definition) is 3. The van der Waals surface area contributed by atoms with Gasteiger partial charge in [-0.2, -0.15) is 0 Å². The number of amidine groups is 1. The number of carbonyl (C=O) groups excluding carboxylic acids is 1. The first-order chi connectivity index (χ1) is 8.22. The highest BCUT2D eigenvalue weighted by atomic mass is 16.1. The summed E-state index contributed by atoms with van der Waals surface area (Å²) in [4.78, 5) is 17.1. The molecule has 3 heteroatoms. The molecule has 0 saturated carbocycles. The molecule has 0 spiro atoms. The lowest BCUT2D eigenvalue weighted by atomic mass is 9.97. The number of likely N-dealkylation sites (N-methyl/N-ethyl adjacent to an activating group) is 1. The summed E-state index contributed by atoms with van der Waals surface area (Å²) in [5.74, 6) is 1.37. The fourth-order valence-electron chi connectivity index (χ4n) is 2.09. The summed E-state index contributed by atoms with van der Waals surface area (Å²) in [6, 6.07) is 8.38. The third-order valence-corrected chi connectivity index (χ3v) is 3.25. The van der Waals surface area contributed by atoms with E-state index in [1.807, 2.05) is 0 Å². The van der Waals surface area contributed by atoms with Gasteiger partial charge in [-0.15, -0.1) is 0 Å². The van der Waals surface area contributed by atoms with E-state index in [-0.39, 0.29) is 0 Å². The average molecular weight is 230 g/mol. The summed E-state index contributed by atoms with van der Waals surface area (Å²) in [5, 5.41) is 0. The molecule has 0 bridgehead atoms. The highest BCUT2D eigenvalue weighted by molar-refractivity contribution is 5.99. The molecule has 0 amide bonds. The zero-order valence-electron chi connectivity index (χ0n) is 10.4. The number of aliphatic imine (C=N–C) groups is 1. The quantitative estimate of drug-likeness (QED) is 0.742. The highest BCUT2D eigenvalue weighted by Gasteiger charge is 2.14. The van der Waals surface area contributed by atoms with Crippen molar-refractivity contribution in [3.8, 4) is 0 Å². The Morgan fingerprint density at radius 1 is 1.41 bits per heavy atom. The van der Waals surface area contributed by atoms with Gasteiger partial charge in [0.15, 0.2) is 0 Å². The maximum atomic E-state index is 10.5. The standard InChI is InChI=1S/C14H18N2O/c1-11(7-10-17)12-3-5-13(6-4-12)14-15-8-9-16(14)2/h3-6,10-11H,7-9H2,1-2H3. The molecular formula is C14H18N2O. The van der Waals surface area contributed by atoms with Gasteiger partial charge >= 0.3 is 0 Å². The fourth-order valence-corrected chi connectivity index (χ4v) is 2.09. The van der Waals surface area contributed by atoms with E-state index in [4.69, 9.17) is 0 Å². The zero-order valence-corrected chi connectivity index (χ0v) is 10.4. The molecule has 1 aromatic rings. The molecule has 0 fully saturated rings. The zero-order chi connectivity index (χ0) is 12.3. The van der Waals surface area contributed by atoms with E-state index in [2.05, 4.69) is 48.1 Å². The Morgan fingerprint density at radius 2 is 2.12 bits per heavy atom. The third kappa shape index (κ3) is 2.54. The van der Waals surface area contributed by atoms with E-state index in [1.54, 1.807) is 0 Å². The second-order valence-corrected chi connectivity index (χ2v) is 4.55. The van der Waals surface area contributed by atoms with Crippen molar-refractivity contribution < 1.29 is 4.79 Å². The summed E-state index contributed by atoms with van der Waals surface area (Å²) in [5.41, 5.74) is 2.37. The Bertz CT molecular complexity index is 422. The highest BCUT2D eigenvalue weighted by Crippen LogP contribution is 2.19. The Morgan fingerprint density at radius 3 is 2.65 bits per heavy atom. The first-order valence-electron chi connectivity index (χ1n) is 6.02. The Labute approximate surface area is 102 Å². The molecule has 17 heavy (non-hydrogen) atoms. The first kappa shape index (κ1) is 11.8. The molecule has 1 aliphatic heterocycles. The summed E-state index contributed by atoms with van der Waals surface area (Å²) in [7, 11) is 2.06. The van der Waals surface area contributed by atoms with Crippen LogP contribution in [0.2, 0.25) is 0 Å². The predicted molar refractivity (Wildman–Crippen MR) is 69.6 cm³/mol. The smallest absolute Gasteiger partial charge is 0.130 e. The number of benzene rings is 1. The summed E-state index contributed by atoms with van der Waals surface area (Å²) >= 11 is 0. The van der Waals surface area contributed by atoms with E-state index in [0.29, 0.717) is 12.3 Å². The van der Waals surface area contributed by atoms with Gasteiger partial charge in [-0.3, -0.25) is 4.99 Å². The largest absolute Gasteiger partial charge is 0.358 e. The Hall–Kier alpha value is -1.64. The van der Waals surface area contributed by atoms with Gasteiger partial charge in [-0.1, -0.05) is 31.2 Å². The van der Waals surface area contributed by atoms with Gasteiger partial charge in [0.1, 0.15) is 12.1 Å². The van der Waals surface area contributed by atoms with Gasteiger partial charge in [0.25, 0.3) is 0 Å². The molecule has 0 radical (unpaired) electrons. The van der Waals surface area contributed by atoms with Gasteiger partial charge < -0.3 is 9.69 Å². The van der Waals surface area contributed by atoms with Crippen LogP contribution in [-0.4, -0.2) is 37.2 Å². The van der Waals surface area contributed by atoms with E-state index in [0.717, 1.165) is 30.8 Å². The molecule has 3 nitrogen and oxygen atoms in total. The number of aldehydes is 1. The number of carbonyl (C=O) groups is 1. The minimum Gasteiger partial charge on any atom is -0.358 e. The minimum absolute atomic E-state index is 0.296. The van der Waals surface area contributed by atoms with E-state index >= 15 is 0 Å². The van der Waals surface area contributed by atoms with Crippen molar-refractivity contribution in [2.45, 2.75) is 19.3 Å². The van der Waals surface area contributed by atoms with Gasteiger partial charge in [-0.05, 0) is 11.5 Å². The minimum atomic E-state index is 0.296. The third-order valence-electron chi connectivity index (χ3n) is 3.25. The molecule has 0 saturated heterocycles. The van der Waals surface area contributed by atoms with E-state index < -0.39 is 0 Å². The molecule has 1 unspecified atom stereocenters. The van der Waals surface area contributed by atoms with Crippen molar-refractivity contribution in [1.29, 1.82) is 0 Å². The lowest BCUT2D eigenvalue weighted by Gasteiger charge is -2.15. The summed E-state index contributed by atoms with van der Waals surface area (Å²) < 4.78 is 0. The van der Waals surface area contributed by atoms with Crippen molar-refractivity contribution in [3.05, 3.63) is 35.4 Å². The Balaban J connectivity index is 2.15. The fraction of sp³-hybridized carbons (Fsp3) is 0.429. The van der Waals surface area contributed by atoms with Crippen molar-refractivity contribution in [1.82, 2.24) is 4.90 Å². The monoisotopic (exact) mass is 230 g/mol. The van der Waals surface area contributed by atoms with Crippen molar-refractivity contribution in [2.75, 3.05) is 20.1 Å². The molecule has 0 N–H and O–H groups in total. The summed E-state index contributed by atoms with van der Waals surface area (Å²) in [6.07, 6.45) is 1.56. The number of nitrogens with zero attached hydrogens (tertiary/aromatic N) is 2. The average Bonchev–Trinajstić information content (AvgIpc) is 2.76. The molecule has 0 aliphatic carbocycles. The maximum absolute atomic E-state index is 10.5. The van der Waals surface area contributed by atoms with Crippen molar-refractivity contribution >= 4 is 12.1 Å². The SMILES string of the molecule is CC(CC=O)c1ccc(C2=NCCN2C)cc1. The maximum Gasteiger partial charge on any atom is 0.130 e. The molecule has 1 heterocycles. The number of rotatable bonds is 4. The van der Waals surface area contributed by atoms with Crippen LogP contribution in [0.25, 0.3) is 0 Å². The van der Waals surface area contributed by atoms with Gasteiger partial charge in [0.05, 0.1) is 6.54 Å². The van der Waals surface area contributed by atoms with Crippen LogP contribution in [0.1, 0.15) is 30.4 Å². The van der Waals surface area contributed by atoms with Crippen LogP contribution in [-0.2, 0) is 4.79 Å². The van der Waals surface area contributed by atoms with Gasteiger partial charge in [-0.25, -0.2) is 0 Å². The second kappa shape index (κ2) is 5.13. The number of hydrogen-bond donors (Lipinski definition) is 0. The van der Waals surface area contributed by atoms with Crippen LogP contribution < -0.4 is 0 Å². The lowest BCUT2D eigenvalue weighted by Crippen LogP contribution is -2.23. The molecule has 0 aromatic heterocycles. The van der Waals surface area contributed by atoms with Crippen molar-refractivity contribution in [3.63, 3.8) is 0 Å². The summed E-state index contributed by atoms with van der Waals surface area (Å²) in [6.45, 7) is 3.95. The topological polar surface area (TPSA) is 32.7 Å². The predicted octanol–water partition coefficient (Wildman–Crippen LogP) is 2.07. The van der Waals surface area contributed by atoms with Crippen LogP contribution >= 0.6 is 0 Å². The van der Waals surface area contributed by atoms with Crippen molar-refractivity contribution in [2.24, 2.45) is 4.99 Å². The van der Waals surface area contributed by atoms with Crippen LogP contribution in [0.4, 0.5) is 0 Å². The molecule has 2 rings (SSSR count). The van der Waals surface area contributed by atoms with Crippen LogP contribution in [0, 0.1) is 0 Å². The van der Waals surface area contributed by atoms with Crippen LogP contribution in [0.15, 0.2) is 29.3 Å². The Kier molecular flexibility index (Phi) is 3.57.